The summed E-state index contributed by atoms with van der Waals surface area (Å²) in [5, 5.41) is 11.7. The van der Waals surface area contributed by atoms with E-state index in [9.17, 15) is 5.11 Å². The van der Waals surface area contributed by atoms with E-state index < -0.39 is 6.10 Å². The number of hydrogen-bond donors (Lipinski definition) is 1. The van der Waals surface area contributed by atoms with Crippen molar-refractivity contribution in [3.63, 3.8) is 0 Å². The number of halogens is 2. The van der Waals surface area contributed by atoms with Gasteiger partial charge in [0.25, 0.3) is 0 Å². The van der Waals surface area contributed by atoms with Crippen LogP contribution in [0.1, 0.15) is 44.8 Å². The second-order valence-electron chi connectivity index (χ2n) is 5.78. The predicted molar refractivity (Wildman–Crippen MR) is 80.9 cm³/mol. The minimum Gasteiger partial charge on any atom is -0.386 e. The van der Waals surface area contributed by atoms with Gasteiger partial charge in [0.15, 0.2) is 0 Å². The van der Waals surface area contributed by atoms with Crippen LogP contribution in [0.15, 0.2) is 18.2 Å². The van der Waals surface area contributed by atoms with Crippen molar-refractivity contribution in [2.45, 2.75) is 44.8 Å². The zero-order chi connectivity index (χ0) is 14.0. The van der Waals surface area contributed by atoms with Crippen LogP contribution < -0.4 is 0 Å². The number of aliphatic hydroxyl groups is 1. The number of aliphatic hydroxyl groups excluding tert-OH is 1. The minimum absolute atomic E-state index is 0.294. The first-order valence-electron chi connectivity index (χ1n) is 6.81. The van der Waals surface area contributed by atoms with Gasteiger partial charge in [-0.2, -0.15) is 0 Å². The van der Waals surface area contributed by atoms with Crippen molar-refractivity contribution in [1.82, 2.24) is 4.90 Å². The lowest BCUT2D eigenvalue weighted by Gasteiger charge is -2.44. The van der Waals surface area contributed by atoms with Gasteiger partial charge in [-0.25, -0.2) is 0 Å². The van der Waals surface area contributed by atoms with Gasteiger partial charge in [0, 0.05) is 5.54 Å². The molecule has 0 spiro atoms. The highest BCUT2D eigenvalue weighted by Gasteiger charge is 2.35. The standard InChI is InChI=1S/C15H21Cl2NO/c1-15(2,18-8-4-3-5-9-18)14(19)11-6-7-12(16)13(17)10-11/h6-7,10,14,19H,3-5,8-9H2,1-2H3. The fourth-order valence-electron chi connectivity index (χ4n) is 2.73. The average molecular weight is 302 g/mol. The molecule has 1 fully saturated rings. The number of piperidine rings is 1. The maximum atomic E-state index is 10.7. The first-order chi connectivity index (χ1) is 8.93. The maximum Gasteiger partial charge on any atom is 0.0968 e. The van der Waals surface area contributed by atoms with Gasteiger partial charge in [0.2, 0.25) is 0 Å². The van der Waals surface area contributed by atoms with Crippen LogP contribution in [0.3, 0.4) is 0 Å². The molecule has 1 aromatic rings. The van der Waals surface area contributed by atoms with Crippen LogP contribution in [0.25, 0.3) is 0 Å². The van der Waals surface area contributed by atoms with Crippen LogP contribution in [0.4, 0.5) is 0 Å². The molecule has 1 aliphatic heterocycles. The molecule has 1 N–H and O–H groups in total. The van der Waals surface area contributed by atoms with Gasteiger partial charge in [-0.05, 0) is 57.5 Å². The van der Waals surface area contributed by atoms with Crippen LogP contribution in [-0.4, -0.2) is 28.6 Å². The second-order valence-corrected chi connectivity index (χ2v) is 6.59. The van der Waals surface area contributed by atoms with E-state index in [1.54, 1.807) is 12.1 Å². The third kappa shape index (κ3) is 3.25. The molecular formula is C15H21Cl2NO. The number of hydrogen-bond acceptors (Lipinski definition) is 2. The molecule has 0 saturated carbocycles. The lowest BCUT2D eigenvalue weighted by atomic mass is 9.88. The van der Waals surface area contributed by atoms with Crippen LogP contribution in [0.2, 0.25) is 10.0 Å². The highest BCUT2D eigenvalue weighted by Crippen LogP contribution is 2.35. The van der Waals surface area contributed by atoms with Gasteiger partial charge in [-0.3, -0.25) is 4.90 Å². The summed E-state index contributed by atoms with van der Waals surface area (Å²) in [4.78, 5) is 2.36. The van der Waals surface area contributed by atoms with Crippen LogP contribution in [0.5, 0.6) is 0 Å². The Hall–Kier alpha value is -0.280. The van der Waals surface area contributed by atoms with E-state index in [0.717, 1.165) is 18.7 Å². The summed E-state index contributed by atoms with van der Waals surface area (Å²) in [6, 6.07) is 5.36. The maximum absolute atomic E-state index is 10.7. The molecule has 106 valence electrons. The zero-order valence-corrected chi connectivity index (χ0v) is 13.0. The molecule has 0 aromatic heterocycles. The fourth-order valence-corrected chi connectivity index (χ4v) is 3.04. The molecule has 0 aliphatic carbocycles. The highest BCUT2D eigenvalue weighted by molar-refractivity contribution is 6.42. The Morgan fingerprint density at radius 2 is 1.74 bits per heavy atom. The van der Waals surface area contributed by atoms with Gasteiger partial charge in [0.05, 0.1) is 16.1 Å². The Balaban J connectivity index is 2.20. The summed E-state index contributed by atoms with van der Waals surface area (Å²) in [7, 11) is 0. The van der Waals surface area contributed by atoms with Crippen molar-refractivity contribution in [2.75, 3.05) is 13.1 Å². The quantitative estimate of drug-likeness (QED) is 0.900. The smallest absolute Gasteiger partial charge is 0.0968 e. The molecule has 0 radical (unpaired) electrons. The van der Waals surface area contributed by atoms with Crippen molar-refractivity contribution in [2.24, 2.45) is 0 Å². The Bertz CT molecular complexity index is 442. The Morgan fingerprint density at radius 3 is 2.32 bits per heavy atom. The van der Waals surface area contributed by atoms with Gasteiger partial charge in [-0.15, -0.1) is 0 Å². The topological polar surface area (TPSA) is 23.5 Å². The third-order valence-corrected chi connectivity index (χ3v) is 4.84. The van der Waals surface area contributed by atoms with Crippen molar-refractivity contribution in [3.05, 3.63) is 33.8 Å². The Labute approximate surface area is 125 Å². The minimum atomic E-state index is -0.569. The van der Waals surface area contributed by atoms with E-state index in [0.29, 0.717) is 10.0 Å². The average Bonchev–Trinajstić information content (AvgIpc) is 2.42. The summed E-state index contributed by atoms with van der Waals surface area (Å²) in [5.41, 5.74) is 0.530. The first kappa shape index (κ1) is 15.1. The summed E-state index contributed by atoms with van der Waals surface area (Å²) in [6.45, 7) is 6.27. The molecule has 4 heteroatoms. The predicted octanol–water partition coefficient (Wildman–Crippen LogP) is 4.29. The molecule has 19 heavy (non-hydrogen) atoms. The Morgan fingerprint density at radius 1 is 1.11 bits per heavy atom. The van der Waals surface area contributed by atoms with Crippen LogP contribution >= 0.6 is 23.2 Å². The van der Waals surface area contributed by atoms with Gasteiger partial charge < -0.3 is 5.11 Å². The summed E-state index contributed by atoms with van der Waals surface area (Å²) in [6.07, 6.45) is 3.13. The first-order valence-corrected chi connectivity index (χ1v) is 7.56. The van der Waals surface area contributed by atoms with E-state index in [4.69, 9.17) is 23.2 Å². The van der Waals surface area contributed by atoms with Crippen molar-refractivity contribution >= 4 is 23.2 Å². The summed E-state index contributed by atoms with van der Waals surface area (Å²) >= 11 is 12.0. The van der Waals surface area contributed by atoms with Crippen LogP contribution in [-0.2, 0) is 0 Å². The lowest BCUT2D eigenvalue weighted by Crippen LogP contribution is -2.50. The summed E-state index contributed by atoms with van der Waals surface area (Å²) < 4.78 is 0. The van der Waals surface area contributed by atoms with E-state index >= 15 is 0 Å². The van der Waals surface area contributed by atoms with Gasteiger partial charge in [0.1, 0.15) is 0 Å². The SMILES string of the molecule is CC(C)(C(O)c1ccc(Cl)c(Cl)c1)N1CCCCC1. The molecule has 2 rings (SSSR count). The lowest BCUT2D eigenvalue weighted by molar-refractivity contribution is -0.0208. The number of rotatable bonds is 3. The molecule has 1 atom stereocenters. The molecule has 0 amide bonds. The second kappa shape index (κ2) is 6.01. The Kier molecular flexibility index (Phi) is 4.78. The van der Waals surface area contributed by atoms with E-state index in [-0.39, 0.29) is 5.54 Å². The third-order valence-electron chi connectivity index (χ3n) is 4.10. The number of likely N-dealkylation sites (tertiary alicyclic amines) is 1. The number of benzene rings is 1. The summed E-state index contributed by atoms with van der Waals surface area (Å²) in [5.74, 6) is 0. The molecule has 2 nitrogen and oxygen atoms in total. The van der Waals surface area contributed by atoms with Crippen molar-refractivity contribution in [1.29, 1.82) is 0 Å². The largest absolute Gasteiger partial charge is 0.386 e. The van der Waals surface area contributed by atoms with E-state index in [1.807, 2.05) is 6.07 Å². The number of nitrogens with zero attached hydrogens (tertiary/aromatic N) is 1. The van der Waals surface area contributed by atoms with E-state index in [1.165, 1.54) is 19.3 Å². The van der Waals surface area contributed by atoms with Crippen molar-refractivity contribution in [3.8, 4) is 0 Å². The molecule has 1 aromatic carbocycles. The molecule has 1 unspecified atom stereocenters. The molecule has 1 aliphatic rings. The van der Waals surface area contributed by atoms with Gasteiger partial charge in [-0.1, -0.05) is 35.7 Å². The monoisotopic (exact) mass is 301 g/mol. The normalized spacial score (nSPS) is 19.4. The van der Waals surface area contributed by atoms with Crippen molar-refractivity contribution < 1.29 is 5.11 Å². The van der Waals surface area contributed by atoms with Gasteiger partial charge >= 0.3 is 0 Å². The van der Waals surface area contributed by atoms with Crippen LogP contribution in [0, 0.1) is 0 Å². The molecule has 0 bridgehead atoms. The fraction of sp³-hybridized carbons (Fsp3) is 0.600. The highest BCUT2D eigenvalue weighted by atomic mass is 35.5. The zero-order valence-electron chi connectivity index (χ0n) is 11.5. The van der Waals surface area contributed by atoms with E-state index in [2.05, 4.69) is 18.7 Å². The molecule has 1 saturated heterocycles. The molecule has 1 heterocycles. The molecular weight excluding hydrogens is 281 g/mol.